The lowest BCUT2D eigenvalue weighted by atomic mass is 10.2. The van der Waals surface area contributed by atoms with E-state index in [2.05, 4.69) is 20.0 Å². The fourth-order valence-corrected chi connectivity index (χ4v) is 3.58. The number of hydrogen-bond acceptors (Lipinski definition) is 6. The normalized spacial score (nSPS) is 22.4. The molecule has 1 aromatic heterocycles. The van der Waals surface area contributed by atoms with Gasteiger partial charge in [0.15, 0.2) is 0 Å². The third kappa shape index (κ3) is 4.12. The molecule has 0 aromatic carbocycles. The van der Waals surface area contributed by atoms with Crippen LogP contribution >= 0.6 is 0 Å². The molecule has 7 nitrogen and oxygen atoms in total. The Hall–Kier alpha value is -1.25. The SMILES string of the molecule is CCCNc1ncc(S(=O)(=O)NC2CCCC2OC)cn1. The fraction of sp³-hybridized carbons (Fsp3) is 0.692. The topological polar surface area (TPSA) is 93.2 Å². The molecule has 0 aliphatic heterocycles. The Kier molecular flexibility index (Phi) is 5.49. The zero-order chi connectivity index (χ0) is 15.3. The lowest BCUT2D eigenvalue weighted by molar-refractivity contribution is 0.0916. The molecule has 1 saturated carbocycles. The molecule has 8 heteroatoms. The van der Waals surface area contributed by atoms with Crippen LogP contribution in [0.5, 0.6) is 0 Å². The molecule has 1 fully saturated rings. The van der Waals surface area contributed by atoms with Gasteiger partial charge in [0.25, 0.3) is 0 Å². The summed E-state index contributed by atoms with van der Waals surface area (Å²) < 4.78 is 32.6. The van der Waals surface area contributed by atoms with Crippen LogP contribution in [0.3, 0.4) is 0 Å². The van der Waals surface area contributed by atoms with E-state index in [0.717, 1.165) is 32.2 Å². The number of hydrogen-bond donors (Lipinski definition) is 2. The van der Waals surface area contributed by atoms with Gasteiger partial charge in [-0.1, -0.05) is 6.92 Å². The van der Waals surface area contributed by atoms with Gasteiger partial charge in [0, 0.05) is 19.7 Å². The first-order valence-electron chi connectivity index (χ1n) is 7.18. The molecule has 2 atom stereocenters. The van der Waals surface area contributed by atoms with Gasteiger partial charge in [0.05, 0.1) is 18.5 Å². The average molecular weight is 314 g/mol. The molecule has 0 spiro atoms. The maximum absolute atomic E-state index is 12.3. The molecule has 0 saturated heterocycles. The van der Waals surface area contributed by atoms with Crippen molar-refractivity contribution in [2.24, 2.45) is 0 Å². The van der Waals surface area contributed by atoms with Crippen LogP contribution in [-0.2, 0) is 14.8 Å². The molecule has 1 heterocycles. The Morgan fingerprint density at radius 3 is 2.67 bits per heavy atom. The van der Waals surface area contributed by atoms with Gasteiger partial charge in [0.2, 0.25) is 16.0 Å². The molecular weight excluding hydrogens is 292 g/mol. The van der Waals surface area contributed by atoms with Crippen molar-refractivity contribution in [3.8, 4) is 0 Å². The Morgan fingerprint density at radius 1 is 1.33 bits per heavy atom. The number of sulfonamides is 1. The lowest BCUT2D eigenvalue weighted by Crippen LogP contribution is -2.40. The van der Waals surface area contributed by atoms with Crippen molar-refractivity contribution < 1.29 is 13.2 Å². The number of nitrogens with one attached hydrogen (secondary N) is 2. The number of rotatable bonds is 7. The lowest BCUT2D eigenvalue weighted by Gasteiger charge is -2.19. The Balaban J connectivity index is 2.05. The number of anilines is 1. The standard InChI is InChI=1S/C13H22N4O3S/c1-3-7-14-13-15-8-10(9-16-13)21(18,19)17-11-5-4-6-12(11)20-2/h8-9,11-12,17H,3-7H2,1-2H3,(H,14,15,16). The van der Waals surface area contributed by atoms with Gasteiger partial charge in [-0.3, -0.25) is 0 Å². The minimum absolute atomic E-state index is 0.0637. The van der Waals surface area contributed by atoms with Gasteiger partial charge in [-0.15, -0.1) is 0 Å². The molecule has 0 radical (unpaired) electrons. The zero-order valence-electron chi connectivity index (χ0n) is 12.4. The summed E-state index contributed by atoms with van der Waals surface area (Å²) in [7, 11) is -2.00. The first-order chi connectivity index (χ1) is 10.1. The molecular formula is C13H22N4O3S. The van der Waals surface area contributed by atoms with Crippen LogP contribution in [0.4, 0.5) is 5.95 Å². The number of aromatic nitrogens is 2. The van der Waals surface area contributed by atoms with E-state index in [1.54, 1.807) is 7.11 Å². The largest absolute Gasteiger partial charge is 0.380 e. The van der Waals surface area contributed by atoms with Crippen LogP contribution in [0.2, 0.25) is 0 Å². The summed E-state index contributed by atoms with van der Waals surface area (Å²) in [6.45, 7) is 2.78. The van der Waals surface area contributed by atoms with E-state index in [1.165, 1.54) is 12.4 Å². The Labute approximate surface area is 125 Å². The zero-order valence-corrected chi connectivity index (χ0v) is 13.2. The van der Waals surface area contributed by atoms with Gasteiger partial charge in [-0.05, 0) is 25.7 Å². The molecule has 21 heavy (non-hydrogen) atoms. The van der Waals surface area contributed by atoms with Gasteiger partial charge < -0.3 is 10.1 Å². The minimum Gasteiger partial charge on any atom is -0.380 e. The minimum atomic E-state index is -3.61. The van der Waals surface area contributed by atoms with Crippen LogP contribution in [0.25, 0.3) is 0 Å². The Bertz CT molecular complexity index is 547. The first-order valence-corrected chi connectivity index (χ1v) is 8.66. The second kappa shape index (κ2) is 7.15. The molecule has 1 aromatic rings. The molecule has 1 aliphatic rings. The summed E-state index contributed by atoms with van der Waals surface area (Å²) in [5, 5.41) is 3.00. The molecule has 0 amide bonds. The summed E-state index contributed by atoms with van der Waals surface area (Å²) in [4.78, 5) is 8.12. The van der Waals surface area contributed by atoms with Crippen molar-refractivity contribution in [2.45, 2.75) is 49.6 Å². The summed E-state index contributed by atoms with van der Waals surface area (Å²) in [5.41, 5.74) is 0. The highest BCUT2D eigenvalue weighted by atomic mass is 32.2. The van der Waals surface area contributed by atoms with Crippen LogP contribution < -0.4 is 10.0 Å². The maximum Gasteiger partial charge on any atom is 0.243 e. The van der Waals surface area contributed by atoms with E-state index in [4.69, 9.17) is 4.74 Å². The first kappa shape index (κ1) is 16.1. The van der Waals surface area contributed by atoms with E-state index in [0.29, 0.717) is 5.95 Å². The molecule has 118 valence electrons. The van der Waals surface area contributed by atoms with Gasteiger partial charge in [0.1, 0.15) is 4.90 Å². The summed E-state index contributed by atoms with van der Waals surface area (Å²) in [5.74, 6) is 0.437. The predicted molar refractivity (Wildman–Crippen MR) is 79.6 cm³/mol. The number of ether oxygens (including phenoxy) is 1. The van der Waals surface area contributed by atoms with Crippen LogP contribution in [0, 0.1) is 0 Å². The summed E-state index contributed by atoms with van der Waals surface area (Å²) in [6.07, 6.45) is 6.15. The Morgan fingerprint density at radius 2 is 2.05 bits per heavy atom. The van der Waals surface area contributed by atoms with Crippen molar-refractivity contribution in [1.29, 1.82) is 0 Å². The number of methoxy groups -OCH3 is 1. The average Bonchev–Trinajstić information content (AvgIpc) is 2.92. The van der Waals surface area contributed by atoms with Crippen molar-refractivity contribution in [1.82, 2.24) is 14.7 Å². The second-order valence-corrected chi connectivity index (χ2v) is 6.82. The van der Waals surface area contributed by atoms with E-state index < -0.39 is 10.0 Å². The highest BCUT2D eigenvalue weighted by Gasteiger charge is 2.31. The van der Waals surface area contributed by atoms with Crippen molar-refractivity contribution in [3.05, 3.63) is 12.4 Å². The summed E-state index contributed by atoms with van der Waals surface area (Å²) >= 11 is 0. The highest BCUT2D eigenvalue weighted by molar-refractivity contribution is 7.89. The molecule has 0 bridgehead atoms. The van der Waals surface area contributed by atoms with Crippen molar-refractivity contribution in [3.63, 3.8) is 0 Å². The fourth-order valence-electron chi connectivity index (χ4n) is 2.39. The highest BCUT2D eigenvalue weighted by Crippen LogP contribution is 2.23. The van der Waals surface area contributed by atoms with E-state index >= 15 is 0 Å². The summed E-state index contributed by atoms with van der Waals surface area (Å²) in [6, 6.07) is -0.183. The second-order valence-electron chi connectivity index (χ2n) is 5.10. The third-order valence-electron chi connectivity index (χ3n) is 3.53. The van der Waals surface area contributed by atoms with E-state index in [-0.39, 0.29) is 17.0 Å². The third-order valence-corrected chi connectivity index (χ3v) is 4.98. The molecule has 2 rings (SSSR count). The smallest absolute Gasteiger partial charge is 0.243 e. The van der Waals surface area contributed by atoms with Crippen molar-refractivity contribution >= 4 is 16.0 Å². The van der Waals surface area contributed by atoms with Gasteiger partial charge >= 0.3 is 0 Å². The predicted octanol–water partition coefficient (Wildman–Crippen LogP) is 1.14. The van der Waals surface area contributed by atoms with Gasteiger partial charge in [-0.2, -0.15) is 0 Å². The van der Waals surface area contributed by atoms with Crippen LogP contribution in [0.15, 0.2) is 17.3 Å². The molecule has 2 N–H and O–H groups in total. The van der Waals surface area contributed by atoms with Crippen LogP contribution in [-0.4, -0.2) is 44.2 Å². The van der Waals surface area contributed by atoms with E-state index in [9.17, 15) is 8.42 Å². The molecule has 2 unspecified atom stereocenters. The van der Waals surface area contributed by atoms with Gasteiger partial charge in [-0.25, -0.2) is 23.1 Å². The van der Waals surface area contributed by atoms with E-state index in [1.807, 2.05) is 6.92 Å². The maximum atomic E-state index is 12.3. The van der Waals surface area contributed by atoms with Crippen LogP contribution in [0.1, 0.15) is 32.6 Å². The molecule has 1 aliphatic carbocycles. The number of nitrogens with zero attached hydrogens (tertiary/aromatic N) is 2. The quantitative estimate of drug-likeness (QED) is 0.784. The van der Waals surface area contributed by atoms with Crippen molar-refractivity contribution in [2.75, 3.05) is 19.0 Å². The monoisotopic (exact) mass is 314 g/mol.